The maximum Gasteiger partial charge on any atom is 0.0696 e. The second kappa shape index (κ2) is 3.85. The summed E-state index contributed by atoms with van der Waals surface area (Å²) in [7, 11) is 0. The molecular weight excluding hydrogens is 182 g/mol. The molecule has 82 valence electrons. The van der Waals surface area contributed by atoms with Gasteiger partial charge in [0.15, 0.2) is 0 Å². The van der Waals surface area contributed by atoms with E-state index in [0.29, 0.717) is 0 Å². The standard InChI is InChI=1S/C14H21N/c1-11(2)14(13(4,5)10-15)9-7-6-8-12(14)3/h8H,1,6-7,9H2,2-5H3. The molecule has 0 saturated carbocycles. The molecule has 1 rings (SSSR count). The molecule has 1 aliphatic carbocycles. The Kier molecular flexibility index (Phi) is 3.09. The average Bonchev–Trinajstić information content (AvgIpc) is 2.17. The monoisotopic (exact) mass is 203 g/mol. The van der Waals surface area contributed by atoms with Crippen molar-refractivity contribution in [2.24, 2.45) is 10.8 Å². The molecule has 0 aromatic rings. The Hall–Kier alpha value is -1.03. The summed E-state index contributed by atoms with van der Waals surface area (Å²) in [5.74, 6) is 0. The summed E-state index contributed by atoms with van der Waals surface area (Å²) < 4.78 is 0. The SMILES string of the molecule is C=C(C)C1(C(C)(C)C#N)CCCC=C1C. The largest absolute Gasteiger partial charge is 0.198 e. The molecule has 0 amide bonds. The minimum absolute atomic E-state index is 0.111. The van der Waals surface area contributed by atoms with Gasteiger partial charge < -0.3 is 0 Å². The van der Waals surface area contributed by atoms with Gasteiger partial charge in [0.1, 0.15) is 0 Å². The fourth-order valence-corrected chi connectivity index (χ4v) is 3.04. The van der Waals surface area contributed by atoms with Gasteiger partial charge in [-0.1, -0.05) is 23.8 Å². The highest BCUT2D eigenvalue weighted by Crippen LogP contribution is 2.54. The van der Waals surface area contributed by atoms with Gasteiger partial charge in [0.05, 0.1) is 11.5 Å². The van der Waals surface area contributed by atoms with Gasteiger partial charge in [0.25, 0.3) is 0 Å². The lowest BCUT2D eigenvalue weighted by molar-refractivity contribution is 0.192. The minimum atomic E-state index is -0.361. The fourth-order valence-electron chi connectivity index (χ4n) is 3.04. The molecule has 0 aromatic carbocycles. The molecule has 0 radical (unpaired) electrons. The van der Waals surface area contributed by atoms with Crippen LogP contribution in [0.1, 0.15) is 47.0 Å². The Labute approximate surface area is 93.5 Å². The first-order valence-corrected chi connectivity index (χ1v) is 5.63. The normalized spacial score (nSPS) is 26.7. The molecule has 1 aliphatic rings. The molecule has 15 heavy (non-hydrogen) atoms. The van der Waals surface area contributed by atoms with Crippen LogP contribution in [0.3, 0.4) is 0 Å². The van der Waals surface area contributed by atoms with Gasteiger partial charge in [-0.15, -0.1) is 0 Å². The molecule has 1 heteroatoms. The van der Waals surface area contributed by atoms with Crippen LogP contribution in [0, 0.1) is 22.2 Å². The molecule has 0 aliphatic heterocycles. The predicted molar refractivity (Wildman–Crippen MR) is 64.2 cm³/mol. The zero-order valence-corrected chi connectivity index (χ0v) is 10.4. The second-order valence-electron chi connectivity index (χ2n) is 5.20. The highest BCUT2D eigenvalue weighted by molar-refractivity contribution is 5.34. The van der Waals surface area contributed by atoms with Gasteiger partial charge in [0.2, 0.25) is 0 Å². The third-order valence-corrected chi connectivity index (χ3v) is 3.95. The first-order valence-electron chi connectivity index (χ1n) is 5.63. The van der Waals surface area contributed by atoms with Crippen LogP contribution in [-0.2, 0) is 0 Å². The van der Waals surface area contributed by atoms with Crippen LogP contribution in [0.15, 0.2) is 23.8 Å². The average molecular weight is 203 g/mol. The lowest BCUT2D eigenvalue weighted by Gasteiger charge is -2.46. The van der Waals surface area contributed by atoms with Gasteiger partial charge in [-0.05, 0) is 47.0 Å². The van der Waals surface area contributed by atoms with Gasteiger partial charge >= 0.3 is 0 Å². The van der Waals surface area contributed by atoms with Crippen molar-refractivity contribution in [2.45, 2.75) is 47.0 Å². The number of rotatable bonds is 2. The molecule has 1 unspecified atom stereocenters. The second-order valence-corrected chi connectivity index (χ2v) is 5.20. The van der Waals surface area contributed by atoms with Crippen LogP contribution < -0.4 is 0 Å². The lowest BCUT2D eigenvalue weighted by atomic mass is 9.55. The molecule has 0 bridgehead atoms. The Morgan fingerprint density at radius 1 is 1.60 bits per heavy atom. The smallest absolute Gasteiger partial charge is 0.0696 e. The van der Waals surface area contributed by atoms with Crippen molar-refractivity contribution >= 4 is 0 Å². The molecule has 0 spiro atoms. The van der Waals surface area contributed by atoms with Gasteiger partial charge in [-0.3, -0.25) is 0 Å². The highest BCUT2D eigenvalue weighted by atomic mass is 14.5. The quantitative estimate of drug-likeness (QED) is 0.616. The third-order valence-electron chi connectivity index (χ3n) is 3.95. The van der Waals surface area contributed by atoms with Crippen molar-refractivity contribution in [3.05, 3.63) is 23.8 Å². The summed E-state index contributed by atoms with van der Waals surface area (Å²) in [5.41, 5.74) is 1.98. The molecule has 0 aromatic heterocycles. The number of allylic oxidation sites excluding steroid dienone is 3. The van der Waals surface area contributed by atoms with Crippen molar-refractivity contribution in [3.8, 4) is 6.07 Å². The Bertz CT molecular complexity index is 341. The van der Waals surface area contributed by atoms with Crippen LogP contribution in [0.25, 0.3) is 0 Å². The first kappa shape index (κ1) is 12.0. The maximum absolute atomic E-state index is 9.36. The number of nitriles is 1. The van der Waals surface area contributed by atoms with E-state index < -0.39 is 0 Å². The van der Waals surface area contributed by atoms with Crippen LogP contribution in [0.5, 0.6) is 0 Å². The molecule has 1 atom stereocenters. The van der Waals surface area contributed by atoms with Crippen molar-refractivity contribution in [2.75, 3.05) is 0 Å². The first-order chi connectivity index (χ1) is 6.88. The van der Waals surface area contributed by atoms with Crippen LogP contribution >= 0.6 is 0 Å². The number of nitrogens with zero attached hydrogens (tertiary/aromatic N) is 1. The van der Waals surface area contributed by atoms with E-state index in [1.807, 2.05) is 13.8 Å². The van der Waals surface area contributed by atoms with E-state index in [0.717, 1.165) is 24.8 Å². The van der Waals surface area contributed by atoms with E-state index in [2.05, 4.69) is 32.6 Å². The molecule has 1 nitrogen and oxygen atoms in total. The minimum Gasteiger partial charge on any atom is -0.198 e. The molecule has 0 fully saturated rings. The number of hydrogen-bond acceptors (Lipinski definition) is 1. The Balaban J connectivity index is 3.34. The highest BCUT2D eigenvalue weighted by Gasteiger charge is 2.47. The molecule has 0 N–H and O–H groups in total. The van der Waals surface area contributed by atoms with Crippen molar-refractivity contribution < 1.29 is 0 Å². The summed E-state index contributed by atoms with van der Waals surface area (Å²) in [6, 6.07) is 2.46. The van der Waals surface area contributed by atoms with Gasteiger partial charge in [-0.2, -0.15) is 5.26 Å². The zero-order valence-electron chi connectivity index (χ0n) is 10.4. The van der Waals surface area contributed by atoms with Crippen molar-refractivity contribution in [1.29, 1.82) is 5.26 Å². The van der Waals surface area contributed by atoms with E-state index in [1.54, 1.807) is 0 Å². The Morgan fingerprint density at radius 3 is 2.60 bits per heavy atom. The van der Waals surface area contributed by atoms with Crippen LogP contribution in [-0.4, -0.2) is 0 Å². The van der Waals surface area contributed by atoms with Crippen molar-refractivity contribution in [1.82, 2.24) is 0 Å². The van der Waals surface area contributed by atoms with E-state index in [4.69, 9.17) is 0 Å². The molecular formula is C14H21N. The van der Waals surface area contributed by atoms with E-state index in [9.17, 15) is 5.26 Å². The molecule has 0 saturated heterocycles. The summed E-state index contributed by atoms with van der Waals surface area (Å²) >= 11 is 0. The third kappa shape index (κ3) is 1.63. The lowest BCUT2D eigenvalue weighted by Crippen LogP contribution is -2.40. The molecule has 0 heterocycles. The Morgan fingerprint density at radius 2 is 2.20 bits per heavy atom. The maximum atomic E-state index is 9.36. The summed E-state index contributed by atoms with van der Waals surface area (Å²) in [6.45, 7) is 12.4. The summed E-state index contributed by atoms with van der Waals surface area (Å²) in [4.78, 5) is 0. The van der Waals surface area contributed by atoms with E-state index >= 15 is 0 Å². The van der Waals surface area contributed by atoms with E-state index in [1.165, 1.54) is 5.57 Å². The number of hydrogen-bond donors (Lipinski definition) is 0. The van der Waals surface area contributed by atoms with E-state index in [-0.39, 0.29) is 10.8 Å². The van der Waals surface area contributed by atoms with Crippen molar-refractivity contribution in [3.63, 3.8) is 0 Å². The topological polar surface area (TPSA) is 23.8 Å². The van der Waals surface area contributed by atoms with Gasteiger partial charge in [-0.25, -0.2) is 0 Å². The summed E-state index contributed by atoms with van der Waals surface area (Å²) in [6.07, 6.45) is 5.64. The summed E-state index contributed by atoms with van der Waals surface area (Å²) in [5, 5.41) is 9.36. The zero-order chi connectivity index (χ0) is 11.7. The van der Waals surface area contributed by atoms with Gasteiger partial charge in [0, 0.05) is 5.41 Å². The van der Waals surface area contributed by atoms with Crippen LogP contribution in [0.4, 0.5) is 0 Å². The van der Waals surface area contributed by atoms with Crippen LogP contribution in [0.2, 0.25) is 0 Å². The predicted octanol–water partition coefficient (Wildman–Crippen LogP) is 4.23. The fraction of sp³-hybridized carbons (Fsp3) is 0.643.